The molecule has 0 bridgehead atoms. The van der Waals surface area contributed by atoms with Crippen LogP contribution in [0.1, 0.15) is 41.3 Å². The van der Waals surface area contributed by atoms with Crippen LogP contribution >= 0.6 is 0 Å². The summed E-state index contributed by atoms with van der Waals surface area (Å²) in [5, 5.41) is 32.3. The first-order valence-corrected chi connectivity index (χ1v) is 7.50. The number of aliphatic hydroxyl groups excluding tert-OH is 3. The van der Waals surface area contributed by atoms with Gasteiger partial charge in [-0.25, -0.2) is 15.4 Å². The second kappa shape index (κ2) is 8.33. The molecule has 2 aromatic heterocycles. The highest BCUT2D eigenvalue weighted by molar-refractivity contribution is 5.98. The summed E-state index contributed by atoms with van der Waals surface area (Å²) in [6, 6.07) is 3.02. The van der Waals surface area contributed by atoms with Gasteiger partial charge in [-0.3, -0.25) is 4.79 Å². The Bertz CT molecular complexity index is 743. The summed E-state index contributed by atoms with van der Waals surface area (Å²) in [5.74, 6) is 0.166. The molecular formula is C15H20N6O4. The Labute approximate surface area is 143 Å². The second-order valence-electron chi connectivity index (χ2n) is 5.32. The SMILES string of the molecule is C/C(=N\NC(=O)c1ccc(N)nc1)c1ncc(C(O)C(O)CCO)[nH]1. The van der Waals surface area contributed by atoms with Crippen LogP contribution in [0.25, 0.3) is 0 Å². The number of H-pyrrole nitrogens is 1. The molecular weight excluding hydrogens is 328 g/mol. The number of nitrogens with zero attached hydrogens (tertiary/aromatic N) is 3. The Kier molecular flexibility index (Phi) is 6.17. The molecule has 0 aliphatic rings. The van der Waals surface area contributed by atoms with E-state index >= 15 is 0 Å². The van der Waals surface area contributed by atoms with Crippen LogP contribution in [0.2, 0.25) is 0 Å². The van der Waals surface area contributed by atoms with E-state index in [1.807, 2.05) is 0 Å². The molecule has 10 heteroatoms. The number of aliphatic hydroxyl groups is 3. The maximum Gasteiger partial charge on any atom is 0.272 e. The number of hydrogen-bond donors (Lipinski definition) is 6. The van der Waals surface area contributed by atoms with Gasteiger partial charge in [0.1, 0.15) is 17.6 Å². The first kappa shape index (κ1) is 18.5. The number of carbonyl (C=O) groups excluding carboxylic acids is 1. The third-order valence-electron chi connectivity index (χ3n) is 3.42. The molecule has 25 heavy (non-hydrogen) atoms. The zero-order chi connectivity index (χ0) is 18.4. The number of nitrogens with two attached hydrogens (primary N) is 1. The van der Waals surface area contributed by atoms with Crippen molar-refractivity contribution in [1.29, 1.82) is 0 Å². The van der Waals surface area contributed by atoms with Gasteiger partial charge in [-0.2, -0.15) is 5.10 Å². The van der Waals surface area contributed by atoms with Crippen LogP contribution in [0.4, 0.5) is 5.82 Å². The van der Waals surface area contributed by atoms with Gasteiger partial charge in [0.15, 0.2) is 5.82 Å². The minimum Gasteiger partial charge on any atom is -0.396 e. The first-order chi connectivity index (χ1) is 11.9. The summed E-state index contributed by atoms with van der Waals surface area (Å²) in [4.78, 5) is 22.6. The van der Waals surface area contributed by atoms with Crippen LogP contribution < -0.4 is 11.2 Å². The van der Waals surface area contributed by atoms with E-state index in [0.717, 1.165) is 0 Å². The summed E-state index contributed by atoms with van der Waals surface area (Å²) in [6.07, 6.45) is 0.392. The number of aromatic amines is 1. The number of anilines is 1. The molecule has 10 nitrogen and oxygen atoms in total. The van der Waals surface area contributed by atoms with Gasteiger partial charge < -0.3 is 26.0 Å². The van der Waals surface area contributed by atoms with Crippen molar-refractivity contribution in [3.63, 3.8) is 0 Å². The van der Waals surface area contributed by atoms with Crippen molar-refractivity contribution < 1.29 is 20.1 Å². The summed E-state index contributed by atoms with van der Waals surface area (Å²) < 4.78 is 0. The molecule has 2 unspecified atom stereocenters. The van der Waals surface area contributed by atoms with Crippen molar-refractivity contribution in [3.8, 4) is 0 Å². The fourth-order valence-corrected chi connectivity index (χ4v) is 1.96. The van der Waals surface area contributed by atoms with Crippen LogP contribution in [-0.2, 0) is 0 Å². The normalized spacial score (nSPS) is 14.2. The number of nitrogens with one attached hydrogen (secondary N) is 2. The maximum absolute atomic E-state index is 11.9. The minimum absolute atomic E-state index is 0.0360. The molecule has 0 saturated carbocycles. The second-order valence-corrected chi connectivity index (χ2v) is 5.32. The topological polar surface area (TPSA) is 170 Å². The quantitative estimate of drug-likeness (QED) is 0.284. The van der Waals surface area contributed by atoms with Gasteiger partial charge in [0.2, 0.25) is 0 Å². The van der Waals surface area contributed by atoms with E-state index in [9.17, 15) is 15.0 Å². The van der Waals surface area contributed by atoms with Crippen molar-refractivity contribution in [1.82, 2.24) is 20.4 Å². The Morgan fingerprint density at radius 1 is 1.36 bits per heavy atom. The van der Waals surface area contributed by atoms with Gasteiger partial charge in [-0.05, 0) is 25.5 Å². The molecule has 7 N–H and O–H groups in total. The molecule has 0 aliphatic carbocycles. The summed E-state index contributed by atoms with van der Waals surface area (Å²) in [6.45, 7) is 1.37. The molecule has 2 rings (SSSR count). The summed E-state index contributed by atoms with van der Waals surface area (Å²) in [5.41, 5.74) is 8.76. The molecule has 134 valence electrons. The molecule has 0 aliphatic heterocycles. The van der Waals surface area contributed by atoms with E-state index in [1.165, 1.54) is 24.5 Å². The van der Waals surface area contributed by atoms with Crippen molar-refractivity contribution in [2.45, 2.75) is 25.6 Å². The molecule has 0 spiro atoms. The van der Waals surface area contributed by atoms with Gasteiger partial charge in [-0.1, -0.05) is 0 Å². The van der Waals surface area contributed by atoms with Gasteiger partial charge in [-0.15, -0.1) is 0 Å². The number of amides is 1. The highest BCUT2D eigenvalue weighted by Crippen LogP contribution is 2.17. The standard InChI is InChI=1S/C15H20N6O4/c1-8(20-21-15(25)9-2-3-12(16)17-6-9)14-18-7-10(19-14)13(24)11(23)4-5-22/h2-3,6-7,11,13,22-24H,4-5H2,1H3,(H2,16,17)(H,18,19)(H,21,25)/b20-8+. The predicted molar refractivity (Wildman–Crippen MR) is 89.6 cm³/mol. The molecule has 2 atom stereocenters. The third kappa shape index (κ3) is 4.83. The van der Waals surface area contributed by atoms with E-state index in [0.29, 0.717) is 22.9 Å². The average molecular weight is 348 g/mol. The van der Waals surface area contributed by atoms with E-state index in [-0.39, 0.29) is 18.7 Å². The van der Waals surface area contributed by atoms with Crippen molar-refractivity contribution >= 4 is 17.4 Å². The molecule has 1 amide bonds. The van der Waals surface area contributed by atoms with Crippen LogP contribution in [0.3, 0.4) is 0 Å². The molecule has 0 aromatic carbocycles. The summed E-state index contributed by atoms with van der Waals surface area (Å²) in [7, 11) is 0. The van der Waals surface area contributed by atoms with Gasteiger partial charge in [0.05, 0.1) is 23.6 Å². The summed E-state index contributed by atoms with van der Waals surface area (Å²) >= 11 is 0. The molecule has 0 saturated heterocycles. The van der Waals surface area contributed by atoms with Crippen molar-refractivity contribution in [2.75, 3.05) is 12.3 Å². The van der Waals surface area contributed by atoms with Gasteiger partial charge >= 0.3 is 0 Å². The molecule has 0 radical (unpaired) electrons. The maximum atomic E-state index is 11.9. The Balaban J connectivity index is 2.02. The van der Waals surface area contributed by atoms with E-state index in [1.54, 1.807) is 6.92 Å². The highest BCUT2D eigenvalue weighted by atomic mass is 16.3. The number of hydrazone groups is 1. The number of aromatic nitrogens is 3. The lowest BCUT2D eigenvalue weighted by Crippen LogP contribution is -2.20. The zero-order valence-electron chi connectivity index (χ0n) is 13.5. The lowest BCUT2D eigenvalue weighted by Gasteiger charge is -2.14. The lowest BCUT2D eigenvalue weighted by atomic mass is 10.1. The van der Waals surface area contributed by atoms with Crippen molar-refractivity contribution in [2.24, 2.45) is 5.10 Å². The van der Waals surface area contributed by atoms with Crippen LogP contribution in [0, 0.1) is 0 Å². The number of hydrogen-bond acceptors (Lipinski definition) is 8. The smallest absolute Gasteiger partial charge is 0.272 e. The van der Waals surface area contributed by atoms with E-state index in [2.05, 4.69) is 25.5 Å². The number of imidazole rings is 1. The monoisotopic (exact) mass is 348 g/mol. The number of pyridine rings is 1. The fourth-order valence-electron chi connectivity index (χ4n) is 1.96. The lowest BCUT2D eigenvalue weighted by molar-refractivity contribution is 0.00212. The number of rotatable bonds is 7. The fraction of sp³-hybridized carbons (Fsp3) is 0.333. The van der Waals surface area contributed by atoms with Gasteiger partial charge in [0.25, 0.3) is 5.91 Å². The minimum atomic E-state index is -1.21. The Morgan fingerprint density at radius 3 is 2.76 bits per heavy atom. The van der Waals surface area contributed by atoms with Crippen LogP contribution in [0.15, 0.2) is 29.6 Å². The Hall–Kier alpha value is -2.82. The average Bonchev–Trinajstić information content (AvgIpc) is 3.09. The van der Waals surface area contributed by atoms with Crippen molar-refractivity contribution in [3.05, 3.63) is 41.6 Å². The zero-order valence-corrected chi connectivity index (χ0v) is 13.5. The predicted octanol–water partition coefficient (Wildman–Crippen LogP) is -0.682. The molecule has 0 fully saturated rings. The third-order valence-corrected chi connectivity index (χ3v) is 3.42. The van der Waals surface area contributed by atoms with Gasteiger partial charge in [0, 0.05) is 12.8 Å². The first-order valence-electron chi connectivity index (χ1n) is 7.50. The number of carbonyl (C=O) groups is 1. The van der Waals surface area contributed by atoms with Crippen LogP contribution in [-0.4, -0.2) is 54.6 Å². The highest BCUT2D eigenvalue weighted by Gasteiger charge is 2.20. The van der Waals surface area contributed by atoms with Crippen LogP contribution in [0.5, 0.6) is 0 Å². The van der Waals surface area contributed by atoms with E-state index in [4.69, 9.17) is 10.8 Å². The molecule has 2 heterocycles. The van der Waals surface area contributed by atoms with E-state index < -0.39 is 18.1 Å². The number of nitrogen functional groups attached to an aromatic ring is 1. The Morgan fingerprint density at radius 2 is 2.12 bits per heavy atom. The largest absolute Gasteiger partial charge is 0.396 e. The molecule has 2 aromatic rings.